The highest BCUT2D eigenvalue weighted by molar-refractivity contribution is 7.93. The van der Waals surface area contributed by atoms with Crippen molar-refractivity contribution < 1.29 is 41.4 Å². The summed E-state index contributed by atoms with van der Waals surface area (Å²) in [6.07, 6.45) is 0. The molecule has 5 rings (SSSR count). The normalized spacial score (nSPS) is 12.7. The Morgan fingerprint density at radius 1 is 0.692 bits per heavy atom. The van der Waals surface area contributed by atoms with Crippen molar-refractivity contribution >= 4 is 65.7 Å². The van der Waals surface area contributed by atoms with Crippen molar-refractivity contribution in [2.24, 2.45) is 0 Å². The molecule has 4 aromatic carbocycles. The van der Waals surface area contributed by atoms with Crippen molar-refractivity contribution in [3.05, 3.63) is 89.5 Å². The lowest BCUT2D eigenvalue weighted by molar-refractivity contribution is 0.0686. The third kappa shape index (κ3) is 4.62. The number of benzene rings is 4. The molecular formula is C25H17N3O9S2. The second-order valence-electron chi connectivity index (χ2n) is 8.41. The number of carboxylic acids is 2. The Hall–Kier alpha value is -4.95. The van der Waals surface area contributed by atoms with Crippen LogP contribution in [0.25, 0.3) is 10.8 Å². The van der Waals surface area contributed by atoms with Gasteiger partial charge in [0.15, 0.2) is 0 Å². The third-order valence-corrected chi connectivity index (χ3v) is 8.75. The minimum atomic E-state index is -4.51. The minimum Gasteiger partial charge on any atom is -0.478 e. The second kappa shape index (κ2) is 9.11. The standard InChI is InChI=1S/C25H17N3O9S2/c29-23-18-3-1-2-17-19(38(34,35)27-15-8-4-13(5-9-15)24(30)31)12-20(22(26-23)21(17)18)39(36,37)28-16-10-6-14(7-11-16)25(32)33/h1-12,27-28H,(H,26,29)(H,30,31)(H,32,33). The fourth-order valence-corrected chi connectivity index (χ4v) is 6.74. The fourth-order valence-electron chi connectivity index (χ4n) is 4.13. The monoisotopic (exact) mass is 567 g/mol. The summed E-state index contributed by atoms with van der Waals surface area (Å²) >= 11 is 0. The average molecular weight is 568 g/mol. The predicted octanol–water partition coefficient (Wildman–Crippen LogP) is 3.40. The van der Waals surface area contributed by atoms with Gasteiger partial charge in [0.25, 0.3) is 26.0 Å². The Morgan fingerprint density at radius 3 is 1.67 bits per heavy atom. The number of nitrogens with one attached hydrogen (secondary N) is 3. The Kier molecular flexibility index (Phi) is 6.00. The van der Waals surface area contributed by atoms with Crippen molar-refractivity contribution in [3.8, 4) is 0 Å². The number of carbonyl (C=O) groups is 3. The van der Waals surface area contributed by atoms with Gasteiger partial charge >= 0.3 is 11.9 Å². The van der Waals surface area contributed by atoms with E-state index in [1.165, 1.54) is 66.7 Å². The van der Waals surface area contributed by atoms with E-state index >= 15 is 0 Å². The molecular weight excluding hydrogens is 550 g/mol. The zero-order valence-electron chi connectivity index (χ0n) is 19.5. The van der Waals surface area contributed by atoms with Gasteiger partial charge in [-0.3, -0.25) is 14.2 Å². The molecule has 0 fully saturated rings. The maximum atomic E-state index is 13.5. The number of sulfonamides is 2. The number of rotatable bonds is 8. The van der Waals surface area contributed by atoms with Crippen molar-refractivity contribution in [2.75, 3.05) is 14.8 Å². The number of anilines is 3. The fraction of sp³-hybridized carbons (Fsp3) is 0. The topological polar surface area (TPSA) is 196 Å². The molecule has 1 aliphatic heterocycles. The summed E-state index contributed by atoms with van der Waals surface area (Å²) in [6.45, 7) is 0. The van der Waals surface area contributed by atoms with Crippen LogP contribution in [-0.4, -0.2) is 44.9 Å². The lowest BCUT2D eigenvalue weighted by Gasteiger charge is -2.16. The molecule has 4 aromatic rings. The predicted molar refractivity (Wildman–Crippen MR) is 140 cm³/mol. The van der Waals surface area contributed by atoms with Crippen LogP contribution in [-0.2, 0) is 20.0 Å². The second-order valence-corrected chi connectivity index (χ2v) is 11.7. The van der Waals surface area contributed by atoms with Crippen LogP contribution in [0.2, 0.25) is 0 Å². The summed E-state index contributed by atoms with van der Waals surface area (Å²) in [4.78, 5) is 33.9. The highest BCUT2D eigenvalue weighted by atomic mass is 32.2. The highest BCUT2D eigenvalue weighted by Crippen LogP contribution is 2.42. The maximum absolute atomic E-state index is 13.5. The van der Waals surface area contributed by atoms with Crippen molar-refractivity contribution in [3.63, 3.8) is 0 Å². The van der Waals surface area contributed by atoms with Crippen LogP contribution in [0.5, 0.6) is 0 Å². The number of hydrogen-bond donors (Lipinski definition) is 5. The Balaban J connectivity index is 1.64. The number of amides is 1. The first kappa shape index (κ1) is 25.7. The van der Waals surface area contributed by atoms with Crippen LogP contribution in [0, 0.1) is 0 Å². The molecule has 0 aromatic heterocycles. The largest absolute Gasteiger partial charge is 0.478 e. The molecule has 0 spiro atoms. The van der Waals surface area contributed by atoms with Crippen LogP contribution in [0.1, 0.15) is 31.1 Å². The van der Waals surface area contributed by atoms with E-state index in [1.54, 1.807) is 0 Å². The Labute approximate surface area is 221 Å². The number of aromatic carboxylic acids is 2. The van der Waals surface area contributed by atoms with Gasteiger partial charge in [0.2, 0.25) is 0 Å². The van der Waals surface area contributed by atoms with E-state index in [0.29, 0.717) is 0 Å². The Bertz CT molecular complexity index is 1920. The van der Waals surface area contributed by atoms with Gasteiger partial charge in [-0.2, -0.15) is 0 Å². The molecule has 0 radical (unpaired) electrons. The molecule has 5 N–H and O–H groups in total. The molecule has 0 aliphatic carbocycles. The van der Waals surface area contributed by atoms with Crippen molar-refractivity contribution in [1.82, 2.24) is 0 Å². The van der Waals surface area contributed by atoms with Crippen LogP contribution >= 0.6 is 0 Å². The van der Waals surface area contributed by atoms with Gasteiger partial charge in [0.05, 0.1) is 21.7 Å². The molecule has 14 heteroatoms. The molecule has 0 atom stereocenters. The van der Waals surface area contributed by atoms with Gasteiger partial charge in [-0.25, -0.2) is 26.4 Å². The average Bonchev–Trinajstić information content (AvgIpc) is 3.21. The lowest BCUT2D eigenvalue weighted by Crippen LogP contribution is -2.18. The molecule has 0 saturated heterocycles. The van der Waals surface area contributed by atoms with Gasteiger partial charge < -0.3 is 15.5 Å². The van der Waals surface area contributed by atoms with E-state index in [2.05, 4.69) is 14.8 Å². The SMILES string of the molecule is O=C(O)c1ccc(NS(=O)(=O)c2cc(S(=O)(=O)Nc3ccc(C(=O)O)cc3)c3cccc4c3c2NC4=O)cc1. The zero-order valence-corrected chi connectivity index (χ0v) is 21.1. The lowest BCUT2D eigenvalue weighted by atomic mass is 10.1. The number of carbonyl (C=O) groups excluding carboxylic acids is 1. The van der Waals surface area contributed by atoms with Gasteiger partial charge in [-0.15, -0.1) is 0 Å². The zero-order chi connectivity index (χ0) is 28.1. The number of carboxylic acid groups (broad SMARTS) is 2. The van der Waals surface area contributed by atoms with E-state index in [1.807, 2.05) is 0 Å². The summed E-state index contributed by atoms with van der Waals surface area (Å²) in [5.41, 5.74) is -0.138. The van der Waals surface area contributed by atoms with E-state index in [9.17, 15) is 31.2 Å². The van der Waals surface area contributed by atoms with Crippen LogP contribution in [0.3, 0.4) is 0 Å². The summed E-state index contributed by atoms with van der Waals surface area (Å²) in [5.74, 6) is -3.03. The summed E-state index contributed by atoms with van der Waals surface area (Å²) in [6, 6.07) is 14.9. The molecule has 12 nitrogen and oxygen atoms in total. The van der Waals surface area contributed by atoms with Crippen LogP contribution in [0.15, 0.2) is 82.6 Å². The molecule has 198 valence electrons. The summed E-state index contributed by atoms with van der Waals surface area (Å²) in [7, 11) is -8.97. The van der Waals surface area contributed by atoms with E-state index < -0.39 is 47.7 Å². The van der Waals surface area contributed by atoms with E-state index in [0.717, 1.165) is 6.07 Å². The third-order valence-electron chi connectivity index (χ3n) is 5.92. The van der Waals surface area contributed by atoms with Crippen LogP contribution < -0.4 is 14.8 Å². The maximum Gasteiger partial charge on any atom is 0.335 e. The van der Waals surface area contributed by atoms with Gasteiger partial charge in [0, 0.05) is 27.7 Å². The van der Waals surface area contributed by atoms with Crippen molar-refractivity contribution in [2.45, 2.75) is 9.79 Å². The molecule has 0 unspecified atom stereocenters. The first-order valence-corrected chi connectivity index (χ1v) is 14.0. The molecule has 1 aliphatic rings. The van der Waals surface area contributed by atoms with E-state index in [4.69, 9.17) is 10.2 Å². The molecule has 0 bridgehead atoms. The highest BCUT2D eigenvalue weighted by Gasteiger charge is 2.33. The molecule has 39 heavy (non-hydrogen) atoms. The van der Waals surface area contributed by atoms with Crippen molar-refractivity contribution in [1.29, 1.82) is 0 Å². The molecule has 0 saturated carbocycles. The first-order valence-electron chi connectivity index (χ1n) is 11.0. The van der Waals surface area contributed by atoms with E-state index in [-0.39, 0.29) is 44.5 Å². The smallest absolute Gasteiger partial charge is 0.335 e. The van der Waals surface area contributed by atoms with Crippen LogP contribution in [0.4, 0.5) is 17.1 Å². The van der Waals surface area contributed by atoms with Gasteiger partial charge in [0.1, 0.15) is 4.90 Å². The molecule has 1 heterocycles. The Morgan fingerprint density at radius 2 is 1.18 bits per heavy atom. The quantitative estimate of drug-likeness (QED) is 0.212. The van der Waals surface area contributed by atoms with Gasteiger partial charge in [-0.05, 0) is 60.7 Å². The first-order chi connectivity index (χ1) is 18.4. The minimum absolute atomic E-state index is 0.00552. The molecule has 1 amide bonds. The number of hydrogen-bond acceptors (Lipinski definition) is 7. The summed E-state index contributed by atoms with van der Waals surface area (Å²) < 4.78 is 58.5. The van der Waals surface area contributed by atoms with Gasteiger partial charge in [-0.1, -0.05) is 12.1 Å². The summed E-state index contributed by atoms with van der Waals surface area (Å²) in [5, 5.41) is 20.8.